The van der Waals surface area contributed by atoms with Crippen molar-refractivity contribution in [3.63, 3.8) is 0 Å². The Labute approximate surface area is 143 Å². The zero-order chi connectivity index (χ0) is 16.7. The van der Waals surface area contributed by atoms with Crippen molar-refractivity contribution < 1.29 is 9.53 Å². The monoisotopic (exact) mass is 336 g/mol. The Morgan fingerprint density at radius 1 is 1.30 bits per heavy atom. The first-order chi connectivity index (χ1) is 11.1. The molecule has 0 bridgehead atoms. The van der Waals surface area contributed by atoms with Crippen LogP contribution in [-0.2, 0) is 4.79 Å². The van der Waals surface area contributed by atoms with Crippen molar-refractivity contribution >= 4 is 17.7 Å². The van der Waals surface area contributed by atoms with Crippen LogP contribution in [0, 0.1) is 5.92 Å². The molecule has 2 atom stereocenters. The van der Waals surface area contributed by atoms with Crippen LogP contribution in [0.25, 0.3) is 0 Å². The first-order valence-corrected chi connectivity index (χ1v) is 9.67. The van der Waals surface area contributed by atoms with Crippen molar-refractivity contribution in [1.82, 2.24) is 5.32 Å². The molecule has 3 N–H and O–H groups in total. The maximum Gasteiger partial charge on any atom is 0.261 e. The standard InChI is InChI=1S/C18H28N2O2S/c1-13(22-15-8-10-16(23-2)11-9-15)18(21)20-17(12-19)14-6-4-3-5-7-14/h8-11,13-14,17H,3-7,12,19H2,1-2H3,(H,20,21). The minimum Gasteiger partial charge on any atom is -0.481 e. The number of nitrogens with two attached hydrogens (primary N) is 1. The Bertz CT molecular complexity index is 486. The molecular weight excluding hydrogens is 308 g/mol. The minimum absolute atomic E-state index is 0.0627. The molecule has 1 aliphatic carbocycles. The van der Waals surface area contributed by atoms with Crippen molar-refractivity contribution in [2.24, 2.45) is 11.7 Å². The topological polar surface area (TPSA) is 64.3 Å². The molecule has 1 aromatic carbocycles. The van der Waals surface area contributed by atoms with Gasteiger partial charge >= 0.3 is 0 Å². The highest BCUT2D eigenvalue weighted by Gasteiger charge is 2.26. The molecule has 5 heteroatoms. The van der Waals surface area contributed by atoms with Crippen molar-refractivity contribution in [2.75, 3.05) is 12.8 Å². The Kier molecular flexibility index (Phi) is 7.24. The fraction of sp³-hybridized carbons (Fsp3) is 0.611. The third-order valence-electron chi connectivity index (χ3n) is 4.54. The second-order valence-electron chi connectivity index (χ2n) is 6.18. The van der Waals surface area contributed by atoms with E-state index in [4.69, 9.17) is 10.5 Å². The SMILES string of the molecule is CSc1ccc(OC(C)C(=O)NC(CN)C2CCCCC2)cc1. The molecule has 23 heavy (non-hydrogen) atoms. The average Bonchev–Trinajstić information content (AvgIpc) is 2.60. The van der Waals surface area contributed by atoms with E-state index in [-0.39, 0.29) is 11.9 Å². The fourth-order valence-electron chi connectivity index (χ4n) is 3.12. The second kappa shape index (κ2) is 9.18. The van der Waals surface area contributed by atoms with E-state index < -0.39 is 6.10 Å². The molecule has 2 rings (SSSR count). The Morgan fingerprint density at radius 3 is 2.52 bits per heavy atom. The number of nitrogens with one attached hydrogen (secondary N) is 1. The lowest BCUT2D eigenvalue weighted by Gasteiger charge is -2.30. The molecule has 1 aromatic rings. The number of thioether (sulfide) groups is 1. The normalized spacial score (nSPS) is 18.2. The van der Waals surface area contributed by atoms with Gasteiger partial charge in [-0.2, -0.15) is 0 Å². The number of carbonyl (C=O) groups excluding carboxylic acids is 1. The van der Waals surface area contributed by atoms with Crippen LogP contribution in [0.5, 0.6) is 5.75 Å². The smallest absolute Gasteiger partial charge is 0.261 e. The summed E-state index contributed by atoms with van der Waals surface area (Å²) < 4.78 is 5.75. The lowest BCUT2D eigenvalue weighted by atomic mass is 9.84. The van der Waals surface area contributed by atoms with E-state index in [0.29, 0.717) is 18.2 Å². The molecule has 4 nitrogen and oxygen atoms in total. The third-order valence-corrected chi connectivity index (χ3v) is 5.29. The molecule has 0 spiro atoms. The summed E-state index contributed by atoms with van der Waals surface area (Å²) in [5, 5.41) is 3.09. The van der Waals surface area contributed by atoms with E-state index >= 15 is 0 Å². The highest BCUT2D eigenvalue weighted by molar-refractivity contribution is 7.98. The zero-order valence-corrected chi connectivity index (χ0v) is 14.9. The lowest BCUT2D eigenvalue weighted by Crippen LogP contribution is -2.49. The largest absolute Gasteiger partial charge is 0.481 e. The predicted molar refractivity (Wildman–Crippen MR) is 95.9 cm³/mol. The Balaban J connectivity index is 1.87. The van der Waals surface area contributed by atoms with Crippen LogP contribution in [-0.4, -0.2) is 30.9 Å². The van der Waals surface area contributed by atoms with E-state index in [2.05, 4.69) is 5.32 Å². The molecule has 0 aliphatic heterocycles. The maximum absolute atomic E-state index is 12.4. The summed E-state index contributed by atoms with van der Waals surface area (Å²) in [4.78, 5) is 13.6. The predicted octanol–water partition coefficient (Wildman–Crippen LogP) is 3.20. The summed E-state index contributed by atoms with van der Waals surface area (Å²) in [5.41, 5.74) is 5.88. The van der Waals surface area contributed by atoms with E-state index in [1.807, 2.05) is 30.5 Å². The maximum atomic E-state index is 12.4. The first kappa shape index (κ1) is 18.1. The summed E-state index contributed by atoms with van der Waals surface area (Å²) >= 11 is 1.68. The Hall–Kier alpha value is -1.20. The van der Waals surface area contributed by atoms with Crippen LogP contribution >= 0.6 is 11.8 Å². The molecule has 1 fully saturated rings. The van der Waals surface area contributed by atoms with Gasteiger partial charge in [0.15, 0.2) is 6.10 Å². The van der Waals surface area contributed by atoms with Crippen LogP contribution in [0.15, 0.2) is 29.2 Å². The number of hydrogen-bond acceptors (Lipinski definition) is 4. The van der Waals surface area contributed by atoms with E-state index in [1.54, 1.807) is 18.7 Å². The molecule has 1 aliphatic rings. The number of ether oxygens (including phenoxy) is 1. The van der Waals surface area contributed by atoms with Crippen LogP contribution in [0.2, 0.25) is 0 Å². The van der Waals surface area contributed by atoms with Gasteiger partial charge in [0.2, 0.25) is 0 Å². The summed E-state index contributed by atoms with van der Waals surface area (Å²) in [6.45, 7) is 2.28. The number of rotatable bonds is 7. The van der Waals surface area contributed by atoms with Crippen LogP contribution < -0.4 is 15.8 Å². The zero-order valence-electron chi connectivity index (χ0n) is 14.1. The highest BCUT2D eigenvalue weighted by Crippen LogP contribution is 2.26. The van der Waals surface area contributed by atoms with Gasteiger partial charge in [0.05, 0.1) is 0 Å². The third kappa shape index (κ3) is 5.43. The van der Waals surface area contributed by atoms with Gasteiger partial charge in [-0.15, -0.1) is 11.8 Å². The molecule has 0 radical (unpaired) electrons. The van der Waals surface area contributed by atoms with Gasteiger partial charge in [-0.1, -0.05) is 19.3 Å². The van der Waals surface area contributed by atoms with Gasteiger partial charge in [0.25, 0.3) is 5.91 Å². The summed E-state index contributed by atoms with van der Waals surface area (Å²) in [6, 6.07) is 7.85. The van der Waals surface area contributed by atoms with E-state index in [9.17, 15) is 4.79 Å². The highest BCUT2D eigenvalue weighted by atomic mass is 32.2. The molecule has 128 valence electrons. The molecule has 0 heterocycles. The van der Waals surface area contributed by atoms with E-state index in [0.717, 1.165) is 12.8 Å². The number of benzene rings is 1. The first-order valence-electron chi connectivity index (χ1n) is 8.45. The van der Waals surface area contributed by atoms with Gasteiger partial charge in [0.1, 0.15) is 5.75 Å². The van der Waals surface area contributed by atoms with Gasteiger partial charge < -0.3 is 15.8 Å². The molecule has 1 amide bonds. The summed E-state index contributed by atoms with van der Waals surface area (Å²) in [7, 11) is 0. The van der Waals surface area contributed by atoms with Crippen LogP contribution in [0.3, 0.4) is 0 Å². The minimum atomic E-state index is -0.521. The molecular formula is C18H28N2O2S. The van der Waals surface area contributed by atoms with Crippen LogP contribution in [0.1, 0.15) is 39.0 Å². The van der Waals surface area contributed by atoms with Crippen molar-refractivity contribution in [3.8, 4) is 5.75 Å². The van der Waals surface area contributed by atoms with Gasteiger partial charge in [0, 0.05) is 17.5 Å². The van der Waals surface area contributed by atoms with Gasteiger partial charge in [-0.3, -0.25) is 4.79 Å². The van der Waals surface area contributed by atoms with Crippen molar-refractivity contribution in [3.05, 3.63) is 24.3 Å². The summed E-state index contributed by atoms with van der Waals surface area (Å²) in [6.07, 6.45) is 7.61. The number of hydrogen-bond donors (Lipinski definition) is 2. The number of carbonyl (C=O) groups is 1. The fourth-order valence-corrected chi connectivity index (χ4v) is 3.53. The van der Waals surface area contributed by atoms with Gasteiger partial charge in [-0.25, -0.2) is 0 Å². The lowest BCUT2D eigenvalue weighted by molar-refractivity contribution is -0.128. The van der Waals surface area contributed by atoms with Crippen LogP contribution in [0.4, 0.5) is 0 Å². The second-order valence-corrected chi connectivity index (χ2v) is 7.06. The van der Waals surface area contributed by atoms with Crippen molar-refractivity contribution in [1.29, 1.82) is 0 Å². The van der Waals surface area contributed by atoms with E-state index in [1.165, 1.54) is 24.2 Å². The van der Waals surface area contributed by atoms with Crippen molar-refractivity contribution in [2.45, 2.75) is 56.1 Å². The number of amides is 1. The summed E-state index contributed by atoms with van der Waals surface area (Å²) in [5.74, 6) is 1.14. The molecule has 1 saturated carbocycles. The quantitative estimate of drug-likeness (QED) is 0.751. The Morgan fingerprint density at radius 2 is 1.96 bits per heavy atom. The average molecular weight is 337 g/mol. The molecule has 2 unspecified atom stereocenters. The molecule has 0 saturated heterocycles. The van der Waals surface area contributed by atoms with Gasteiger partial charge in [-0.05, 0) is 56.2 Å². The molecule has 0 aromatic heterocycles.